The van der Waals surface area contributed by atoms with Crippen LogP contribution >= 0.6 is 23.1 Å². The number of carbonyl (C=O) groups excluding carboxylic acids is 3. The number of carboxylic acids is 1. The Bertz CT molecular complexity index is 1850. The van der Waals surface area contributed by atoms with E-state index in [2.05, 4.69) is 10.3 Å². The van der Waals surface area contributed by atoms with Crippen LogP contribution in [0.25, 0.3) is 0 Å². The minimum atomic E-state index is -1.21. The number of benzene rings is 2. The molecule has 2 aliphatic carbocycles. The number of likely N-dealkylation sites (tertiary alicyclic amines) is 1. The van der Waals surface area contributed by atoms with Gasteiger partial charge in [0.05, 0.1) is 24.0 Å². The predicted octanol–water partition coefficient (Wildman–Crippen LogP) is 4.35. The molecule has 1 saturated heterocycles. The Morgan fingerprint density at radius 2 is 1.81 bits per heavy atom. The number of H-pyrrole nitrogens is 1. The molecule has 4 aliphatic rings. The minimum Gasteiger partial charge on any atom is -0.493 e. The summed E-state index contributed by atoms with van der Waals surface area (Å²) < 4.78 is 11.6. The third-order valence-electron chi connectivity index (χ3n) is 10.1. The lowest BCUT2D eigenvalue weighted by molar-refractivity contribution is -0.157. The SMILES string of the molecule is COc1cc([C@H]2c3sc(=O)[nH]c3SC3C4CC(C5C(=O)N(C(C(=O)O)C(C)C)C(=O)C45)C32)ccc1OCC(=O)Nc1cccc(C)c1. The van der Waals surface area contributed by atoms with Crippen LogP contribution in [0.4, 0.5) is 5.69 Å². The summed E-state index contributed by atoms with van der Waals surface area (Å²) in [5.41, 5.74) is 2.56. The van der Waals surface area contributed by atoms with Crippen LogP contribution in [0, 0.1) is 42.4 Å². The van der Waals surface area contributed by atoms with E-state index < -0.39 is 35.7 Å². The number of nitrogens with zero attached hydrogens (tertiary/aromatic N) is 1. The fourth-order valence-electron chi connectivity index (χ4n) is 8.44. The lowest BCUT2D eigenvalue weighted by Gasteiger charge is -2.43. The fraction of sp³-hybridized carbons (Fsp3) is 0.441. The molecule has 2 bridgehead atoms. The number of thiazole rings is 1. The number of rotatable bonds is 9. The van der Waals surface area contributed by atoms with Crippen LogP contribution in [0.5, 0.6) is 11.5 Å². The molecule has 2 saturated carbocycles. The molecule has 8 atom stereocenters. The Hall–Kier alpha value is -4.10. The number of ether oxygens (including phenoxy) is 2. The fourth-order valence-corrected chi connectivity index (χ4v) is 11.3. The summed E-state index contributed by atoms with van der Waals surface area (Å²) in [6.07, 6.45) is 0.687. The van der Waals surface area contributed by atoms with Gasteiger partial charge in [0.15, 0.2) is 18.1 Å². The molecule has 2 aromatic carbocycles. The van der Waals surface area contributed by atoms with Gasteiger partial charge in [-0.1, -0.05) is 43.4 Å². The van der Waals surface area contributed by atoms with Crippen molar-refractivity contribution in [2.75, 3.05) is 19.0 Å². The van der Waals surface area contributed by atoms with Crippen molar-refractivity contribution >= 4 is 52.5 Å². The molecule has 1 aromatic heterocycles. The Balaban J connectivity index is 1.19. The number of methoxy groups -OCH3 is 1. The second-order valence-electron chi connectivity index (χ2n) is 13.2. The van der Waals surface area contributed by atoms with Crippen molar-refractivity contribution in [3.8, 4) is 11.5 Å². The maximum absolute atomic E-state index is 13.9. The molecule has 0 spiro atoms. The largest absolute Gasteiger partial charge is 0.493 e. The summed E-state index contributed by atoms with van der Waals surface area (Å²) in [7, 11) is 1.52. The van der Waals surface area contributed by atoms with Crippen molar-refractivity contribution in [1.29, 1.82) is 0 Å². The number of aromatic nitrogens is 1. The molecule has 47 heavy (non-hydrogen) atoms. The van der Waals surface area contributed by atoms with E-state index in [9.17, 15) is 29.1 Å². The molecule has 2 aliphatic heterocycles. The van der Waals surface area contributed by atoms with Crippen molar-refractivity contribution in [2.24, 2.45) is 35.5 Å². The number of hydrogen-bond donors (Lipinski definition) is 3. The highest BCUT2D eigenvalue weighted by Gasteiger charge is 2.70. The maximum atomic E-state index is 13.9. The number of thioether (sulfide) groups is 1. The Morgan fingerprint density at radius 3 is 2.49 bits per heavy atom. The highest BCUT2D eigenvalue weighted by atomic mass is 32.2. The molecule has 7 rings (SSSR count). The number of carboxylic acid groups (broad SMARTS) is 1. The molecule has 13 heteroatoms. The van der Waals surface area contributed by atoms with Crippen molar-refractivity contribution in [3.63, 3.8) is 0 Å². The molecular weight excluding hydrogens is 643 g/mol. The number of fused-ring (bicyclic) bond motifs is 9. The van der Waals surface area contributed by atoms with Crippen LogP contribution in [0.3, 0.4) is 0 Å². The van der Waals surface area contributed by atoms with E-state index in [1.165, 1.54) is 7.11 Å². The number of aromatic amines is 1. The van der Waals surface area contributed by atoms with Crippen LogP contribution in [0.15, 0.2) is 52.3 Å². The summed E-state index contributed by atoms with van der Waals surface area (Å²) in [5, 5.41) is 13.5. The highest BCUT2D eigenvalue weighted by molar-refractivity contribution is 8.00. The number of carbonyl (C=O) groups is 4. The molecule has 7 unspecified atom stereocenters. The van der Waals surface area contributed by atoms with Crippen LogP contribution in [0.2, 0.25) is 0 Å². The van der Waals surface area contributed by atoms with Gasteiger partial charge in [0, 0.05) is 21.7 Å². The zero-order valence-electron chi connectivity index (χ0n) is 26.2. The zero-order valence-corrected chi connectivity index (χ0v) is 27.9. The Morgan fingerprint density at radius 1 is 1.06 bits per heavy atom. The van der Waals surface area contributed by atoms with E-state index in [0.29, 0.717) is 23.6 Å². The van der Waals surface area contributed by atoms with Crippen molar-refractivity contribution < 1.29 is 33.8 Å². The molecule has 3 N–H and O–H groups in total. The van der Waals surface area contributed by atoms with Crippen LogP contribution < -0.4 is 19.7 Å². The second kappa shape index (κ2) is 11.9. The Labute approximate surface area is 279 Å². The van der Waals surface area contributed by atoms with Gasteiger partial charge in [-0.2, -0.15) is 0 Å². The van der Waals surface area contributed by atoms with Crippen molar-refractivity contribution in [2.45, 2.75) is 49.4 Å². The molecule has 11 nitrogen and oxygen atoms in total. The number of nitrogens with one attached hydrogen (secondary N) is 2. The van der Waals surface area contributed by atoms with E-state index in [1.807, 2.05) is 37.3 Å². The van der Waals surface area contributed by atoms with Crippen LogP contribution in [-0.4, -0.2) is 63.7 Å². The number of aliphatic carboxylic acids is 1. The third-order valence-corrected chi connectivity index (χ3v) is 12.7. The minimum absolute atomic E-state index is 0.0460. The molecule has 0 radical (unpaired) electrons. The van der Waals surface area contributed by atoms with Gasteiger partial charge in [-0.25, -0.2) is 4.79 Å². The molecule has 3 amide bonds. The van der Waals surface area contributed by atoms with E-state index in [-0.39, 0.29) is 52.2 Å². The lowest BCUT2D eigenvalue weighted by atomic mass is 9.68. The molecule has 246 valence electrons. The first-order valence-electron chi connectivity index (χ1n) is 15.6. The van der Waals surface area contributed by atoms with Gasteiger partial charge in [-0.05, 0) is 72.4 Å². The number of aryl methyl sites for hydroxylation is 1. The van der Waals surface area contributed by atoms with Gasteiger partial charge in [0.25, 0.3) is 5.91 Å². The van der Waals surface area contributed by atoms with E-state index >= 15 is 0 Å². The highest BCUT2D eigenvalue weighted by Crippen LogP contribution is 2.68. The molecule has 3 fully saturated rings. The zero-order chi connectivity index (χ0) is 33.3. The predicted molar refractivity (Wildman–Crippen MR) is 175 cm³/mol. The van der Waals surface area contributed by atoms with Crippen LogP contribution in [0.1, 0.15) is 42.2 Å². The number of anilines is 1. The van der Waals surface area contributed by atoms with Crippen molar-refractivity contribution in [1.82, 2.24) is 9.88 Å². The number of imide groups is 1. The molecule has 3 heterocycles. The topological polar surface area (TPSA) is 155 Å². The van der Waals surface area contributed by atoms with E-state index in [0.717, 1.165) is 37.3 Å². The smallest absolute Gasteiger partial charge is 0.327 e. The number of amides is 3. The number of hydrogen-bond acceptors (Lipinski definition) is 9. The van der Waals surface area contributed by atoms with Gasteiger partial charge >= 0.3 is 10.8 Å². The quantitative estimate of drug-likeness (QED) is 0.280. The maximum Gasteiger partial charge on any atom is 0.327 e. The summed E-state index contributed by atoms with van der Waals surface area (Å²) >= 11 is 2.71. The average molecular weight is 678 g/mol. The first kappa shape index (κ1) is 31.5. The van der Waals surface area contributed by atoms with Gasteiger partial charge < -0.3 is 24.9 Å². The summed E-state index contributed by atoms with van der Waals surface area (Å²) in [5.74, 6) is -3.68. The first-order valence-corrected chi connectivity index (χ1v) is 17.3. The van der Waals surface area contributed by atoms with E-state index in [4.69, 9.17) is 9.47 Å². The first-order chi connectivity index (χ1) is 22.5. The monoisotopic (exact) mass is 677 g/mol. The standard InChI is InChI=1S/C34H35N3O8S2/c1-14(2)27(33(41)42)37-31(39)25-18-12-19(26(25)32(37)40)28-24(18)23(29-30(46-28)36-34(43)47-29)16-8-9-20(21(11-16)44-4)45-13-22(38)35-17-7-5-6-15(3)10-17/h5-11,14,18-19,23-28H,12-13H2,1-4H3,(H,35,38)(H,36,43)(H,41,42)/t18?,19?,23-,24?,25?,26?,27?,28?/m1/s1. The molecule has 3 aromatic rings. The van der Waals surface area contributed by atoms with Crippen LogP contribution in [-0.2, 0) is 19.2 Å². The normalized spacial score (nSPS) is 27.8. The second-order valence-corrected chi connectivity index (χ2v) is 15.4. The average Bonchev–Trinajstić information content (AvgIpc) is 3.75. The van der Waals surface area contributed by atoms with Gasteiger partial charge in [0.1, 0.15) is 6.04 Å². The van der Waals surface area contributed by atoms with Gasteiger partial charge in [-0.3, -0.25) is 24.1 Å². The summed E-state index contributed by atoms with van der Waals surface area (Å²) in [4.78, 5) is 69.9. The third kappa shape index (κ3) is 5.14. The summed E-state index contributed by atoms with van der Waals surface area (Å²) in [6.45, 7) is 5.13. The lowest BCUT2D eigenvalue weighted by Crippen LogP contribution is -2.49. The molecular formula is C34H35N3O8S2. The van der Waals surface area contributed by atoms with E-state index in [1.54, 1.807) is 37.7 Å². The van der Waals surface area contributed by atoms with Gasteiger partial charge in [-0.15, -0.1) is 11.8 Å². The Kier molecular flexibility index (Phi) is 7.94. The summed E-state index contributed by atoms with van der Waals surface area (Å²) in [6, 6.07) is 11.8. The van der Waals surface area contributed by atoms with Gasteiger partial charge in [0.2, 0.25) is 11.8 Å². The van der Waals surface area contributed by atoms with Crippen molar-refractivity contribution in [3.05, 3.63) is 68.1 Å².